The van der Waals surface area contributed by atoms with Gasteiger partial charge in [0, 0.05) is 23.2 Å². The van der Waals surface area contributed by atoms with E-state index in [1.165, 1.54) is 0 Å². The van der Waals surface area contributed by atoms with E-state index in [0.717, 1.165) is 12.1 Å². The summed E-state index contributed by atoms with van der Waals surface area (Å²) in [4.78, 5) is 1.75. The Kier molecular flexibility index (Phi) is 3.36. The number of rotatable bonds is 1. The molecule has 0 aromatic heterocycles. The Morgan fingerprint density at radius 3 is 2.53 bits per heavy atom. The number of hydrogen-bond donors (Lipinski definition) is 1. The molecule has 0 radical (unpaired) electrons. The van der Waals surface area contributed by atoms with Crippen molar-refractivity contribution < 1.29 is 18.3 Å². The van der Waals surface area contributed by atoms with Crippen LogP contribution in [0.1, 0.15) is 12.0 Å². The Hall–Kier alpha value is -0.750. The van der Waals surface area contributed by atoms with E-state index >= 15 is 0 Å². The third-order valence-corrected chi connectivity index (χ3v) is 3.20. The van der Waals surface area contributed by atoms with Gasteiger partial charge in [0.25, 0.3) is 0 Å². The molecule has 1 saturated heterocycles. The van der Waals surface area contributed by atoms with E-state index in [2.05, 4.69) is 15.9 Å². The van der Waals surface area contributed by atoms with Gasteiger partial charge in [0.1, 0.15) is 0 Å². The second kappa shape index (κ2) is 4.49. The highest BCUT2D eigenvalue weighted by Crippen LogP contribution is 2.35. The second-order valence-electron chi connectivity index (χ2n) is 4.08. The first-order valence-electron chi connectivity index (χ1n) is 5.17. The van der Waals surface area contributed by atoms with Gasteiger partial charge in [0.2, 0.25) is 0 Å². The van der Waals surface area contributed by atoms with Crippen molar-refractivity contribution >= 4 is 21.6 Å². The number of anilines is 1. The Bertz CT molecular complexity index is 422. The molecule has 2 nitrogen and oxygen atoms in total. The third-order valence-electron chi connectivity index (χ3n) is 2.74. The molecule has 0 bridgehead atoms. The van der Waals surface area contributed by atoms with E-state index in [1.54, 1.807) is 11.0 Å². The van der Waals surface area contributed by atoms with Crippen molar-refractivity contribution in [1.29, 1.82) is 0 Å². The van der Waals surface area contributed by atoms with Gasteiger partial charge in [-0.1, -0.05) is 15.9 Å². The second-order valence-corrected chi connectivity index (χ2v) is 5.00. The van der Waals surface area contributed by atoms with Gasteiger partial charge >= 0.3 is 6.18 Å². The summed E-state index contributed by atoms with van der Waals surface area (Å²) in [6.45, 7) is 0.961. The zero-order chi connectivity index (χ0) is 12.6. The van der Waals surface area contributed by atoms with Crippen molar-refractivity contribution in [2.24, 2.45) is 0 Å². The molecule has 0 spiro atoms. The first kappa shape index (κ1) is 12.7. The number of nitrogens with zero attached hydrogens (tertiary/aromatic N) is 1. The van der Waals surface area contributed by atoms with E-state index in [1.807, 2.05) is 0 Å². The lowest BCUT2D eigenvalue weighted by Crippen LogP contribution is -2.21. The van der Waals surface area contributed by atoms with Crippen molar-refractivity contribution in [3.05, 3.63) is 28.2 Å². The normalized spacial score (nSPS) is 21.0. The van der Waals surface area contributed by atoms with Gasteiger partial charge in [-0.05, 0) is 24.6 Å². The lowest BCUT2D eigenvalue weighted by atomic mass is 10.2. The zero-order valence-corrected chi connectivity index (χ0v) is 10.4. The van der Waals surface area contributed by atoms with Gasteiger partial charge in [-0.3, -0.25) is 0 Å². The van der Waals surface area contributed by atoms with Crippen LogP contribution >= 0.6 is 15.9 Å². The molecule has 1 atom stereocenters. The minimum Gasteiger partial charge on any atom is -0.391 e. The molecule has 0 amide bonds. The minimum atomic E-state index is -4.35. The number of hydrogen-bond acceptors (Lipinski definition) is 2. The Balaban J connectivity index is 2.32. The standard InChI is InChI=1S/C11H11BrF3NO/c12-8-3-7(11(13,14)15)4-9(5-8)16-2-1-10(17)6-16/h3-5,10,17H,1-2,6H2/t10-/m0/s1. The van der Waals surface area contributed by atoms with E-state index < -0.39 is 17.8 Å². The fourth-order valence-corrected chi connectivity index (χ4v) is 2.38. The molecule has 0 unspecified atom stereocenters. The maximum atomic E-state index is 12.6. The Morgan fingerprint density at radius 1 is 1.29 bits per heavy atom. The number of alkyl halides is 3. The lowest BCUT2D eigenvalue weighted by molar-refractivity contribution is -0.137. The number of aliphatic hydroxyl groups excluding tert-OH is 1. The minimum absolute atomic E-state index is 0.383. The van der Waals surface area contributed by atoms with Crippen LogP contribution in [0.3, 0.4) is 0 Å². The topological polar surface area (TPSA) is 23.5 Å². The van der Waals surface area contributed by atoms with Gasteiger partial charge in [0.05, 0.1) is 11.7 Å². The number of halogens is 4. The fraction of sp³-hybridized carbons (Fsp3) is 0.455. The predicted octanol–water partition coefficient (Wildman–Crippen LogP) is 3.04. The molecule has 1 aliphatic heterocycles. The summed E-state index contributed by atoms with van der Waals surface area (Å²) in [5.74, 6) is 0. The molecule has 0 saturated carbocycles. The average Bonchev–Trinajstić information content (AvgIpc) is 2.62. The molecule has 0 aliphatic carbocycles. The Labute approximate surface area is 105 Å². The smallest absolute Gasteiger partial charge is 0.391 e. The summed E-state index contributed by atoms with van der Waals surface area (Å²) in [5, 5.41) is 9.38. The van der Waals surface area contributed by atoms with Crippen molar-refractivity contribution in [1.82, 2.24) is 0 Å². The molecule has 94 valence electrons. The molecular weight excluding hydrogens is 299 g/mol. The summed E-state index contributed by atoms with van der Waals surface area (Å²) < 4.78 is 38.3. The van der Waals surface area contributed by atoms with Gasteiger partial charge in [-0.25, -0.2) is 0 Å². The van der Waals surface area contributed by atoms with Gasteiger partial charge in [-0.2, -0.15) is 13.2 Å². The maximum Gasteiger partial charge on any atom is 0.416 e. The molecule has 1 fully saturated rings. The lowest BCUT2D eigenvalue weighted by Gasteiger charge is -2.20. The van der Waals surface area contributed by atoms with E-state index in [9.17, 15) is 18.3 Å². The monoisotopic (exact) mass is 309 g/mol. The van der Waals surface area contributed by atoms with Crippen molar-refractivity contribution in [2.45, 2.75) is 18.7 Å². The van der Waals surface area contributed by atoms with Crippen molar-refractivity contribution in [3.63, 3.8) is 0 Å². The summed E-state index contributed by atoms with van der Waals surface area (Å²) in [6, 6.07) is 3.80. The molecule has 1 aromatic rings. The first-order valence-corrected chi connectivity index (χ1v) is 5.96. The van der Waals surface area contributed by atoms with Gasteiger partial charge in [-0.15, -0.1) is 0 Å². The van der Waals surface area contributed by atoms with Crippen LogP contribution in [0.25, 0.3) is 0 Å². The van der Waals surface area contributed by atoms with Crippen LogP contribution in [-0.2, 0) is 6.18 Å². The molecule has 1 aliphatic rings. The highest BCUT2D eigenvalue weighted by molar-refractivity contribution is 9.10. The first-order chi connectivity index (χ1) is 7.86. The summed E-state index contributed by atoms with van der Waals surface area (Å²) in [7, 11) is 0. The summed E-state index contributed by atoms with van der Waals surface area (Å²) in [6.07, 6.45) is -4.21. The summed E-state index contributed by atoms with van der Waals surface area (Å²) in [5.41, 5.74) is -0.188. The summed E-state index contributed by atoms with van der Waals surface area (Å²) >= 11 is 3.08. The highest BCUT2D eigenvalue weighted by Gasteiger charge is 2.32. The van der Waals surface area contributed by atoms with Crippen LogP contribution in [-0.4, -0.2) is 24.3 Å². The van der Waals surface area contributed by atoms with Gasteiger partial charge in [0.15, 0.2) is 0 Å². The van der Waals surface area contributed by atoms with Crippen LogP contribution in [0.4, 0.5) is 18.9 Å². The van der Waals surface area contributed by atoms with Crippen LogP contribution in [0.5, 0.6) is 0 Å². The highest BCUT2D eigenvalue weighted by atomic mass is 79.9. The van der Waals surface area contributed by atoms with E-state index in [4.69, 9.17) is 0 Å². The SMILES string of the molecule is O[C@H]1CCN(c2cc(Br)cc(C(F)(F)F)c2)C1. The fourth-order valence-electron chi connectivity index (χ4n) is 1.90. The van der Waals surface area contributed by atoms with Crippen LogP contribution < -0.4 is 4.90 Å². The molecule has 6 heteroatoms. The van der Waals surface area contributed by atoms with Crippen LogP contribution in [0, 0.1) is 0 Å². The largest absolute Gasteiger partial charge is 0.416 e. The molecule has 1 heterocycles. The number of benzene rings is 1. The predicted molar refractivity (Wildman–Crippen MR) is 62.0 cm³/mol. The molecular formula is C11H11BrF3NO. The van der Waals surface area contributed by atoms with Gasteiger partial charge < -0.3 is 10.0 Å². The number of aliphatic hydroxyl groups is 1. The molecule has 1 aromatic carbocycles. The van der Waals surface area contributed by atoms with E-state index in [0.29, 0.717) is 29.7 Å². The van der Waals surface area contributed by atoms with Crippen molar-refractivity contribution in [2.75, 3.05) is 18.0 Å². The molecule has 1 N–H and O–H groups in total. The van der Waals surface area contributed by atoms with Crippen LogP contribution in [0.15, 0.2) is 22.7 Å². The zero-order valence-electron chi connectivity index (χ0n) is 8.84. The average molecular weight is 310 g/mol. The Morgan fingerprint density at radius 2 is 2.00 bits per heavy atom. The molecule has 2 rings (SSSR count). The molecule has 17 heavy (non-hydrogen) atoms. The van der Waals surface area contributed by atoms with Crippen molar-refractivity contribution in [3.8, 4) is 0 Å². The third kappa shape index (κ3) is 2.93. The van der Waals surface area contributed by atoms with E-state index in [-0.39, 0.29) is 0 Å². The number of β-amino-alcohol motifs (C(OH)–C–C–N with tert-alkyl or cyclic N) is 1. The maximum absolute atomic E-state index is 12.6. The van der Waals surface area contributed by atoms with Crippen LogP contribution in [0.2, 0.25) is 0 Å². The quantitative estimate of drug-likeness (QED) is 0.862.